The molecule has 12 atom stereocenters. The van der Waals surface area contributed by atoms with E-state index in [9.17, 15) is 0 Å². The van der Waals surface area contributed by atoms with E-state index in [1.54, 1.807) is 83.5 Å². The standard InChI is InChI=1S/C75H129N7/c1-5-13-60(14-6-1)79(61-15-7-2-8-16-61)66-37-39-72-68(46-66)70-50-76-43-41-74(70)81(72)64-33-29-54(30-34-64)52-21-25-56(26-22-52)58-45-59(49-78-48-58)57-27-23-53(24-28-57)55-31-35-65(36-32-55)82-73-40-38-67(47-69(73)71-51-77-44-42-75(71)82)80(62-17-9-3-10-18-62)63-19-11-4-12-20-63/h52-78H,1-51H2. The average Bonchev–Trinajstić information content (AvgIpc) is 4.12. The van der Waals surface area contributed by atoms with Crippen molar-refractivity contribution in [3.05, 3.63) is 0 Å². The molecule has 0 spiro atoms. The second-order valence-electron chi connectivity index (χ2n) is 33.7. The molecule has 12 unspecified atom stereocenters. The topological polar surface area (TPSA) is 49.1 Å². The van der Waals surface area contributed by atoms with Crippen LogP contribution in [0.5, 0.6) is 0 Å². The summed E-state index contributed by atoms with van der Waals surface area (Å²) in [6.45, 7) is 7.85. The predicted molar refractivity (Wildman–Crippen MR) is 341 cm³/mol. The zero-order valence-corrected chi connectivity index (χ0v) is 53.2. The van der Waals surface area contributed by atoms with Crippen molar-refractivity contribution >= 4 is 0 Å². The molecule has 0 radical (unpaired) electrons. The summed E-state index contributed by atoms with van der Waals surface area (Å²) in [5.41, 5.74) is 0. The van der Waals surface area contributed by atoms with Crippen molar-refractivity contribution in [3.63, 3.8) is 0 Å². The molecular formula is C75H129N7. The lowest BCUT2D eigenvalue weighted by atomic mass is 9.64. The minimum Gasteiger partial charge on any atom is -0.316 e. The maximum Gasteiger partial charge on any atom is 0.0157 e. The zero-order chi connectivity index (χ0) is 54.3. The third-order valence-corrected chi connectivity index (χ3v) is 30.2. The number of nitrogens with zero attached hydrogens (tertiary/aromatic N) is 4. The molecule has 10 aliphatic carbocycles. The molecular weight excluding hydrogens is 999 g/mol. The Morgan fingerprint density at radius 1 is 0.220 bits per heavy atom. The SMILES string of the molecule is C1CCC(N(C2CCCCC2)C2CCC3C(C2)C2CNCCC2N3C2CCC(C3CCC(C4CNCC(C5CCC(C6CCC(N7C8CCNCC8C8CC(N(C9CCCCC9)C9CCCCC9)CCC87)CC6)CC5)C4)CC3)CC2)CC1. The first-order valence-corrected chi connectivity index (χ1v) is 38.9. The lowest BCUT2D eigenvalue weighted by molar-refractivity contribution is -0.00862. The first-order chi connectivity index (χ1) is 40.7. The van der Waals surface area contributed by atoms with Gasteiger partial charge in [-0.05, 0) is 322 Å². The largest absolute Gasteiger partial charge is 0.316 e. The summed E-state index contributed by atoms with van der Waals surface area (Å²) in [5.74, 6) is 11.8. The van der Waals surface area contributed by atoms with E-state index in [-0.39, 0.29) is 0 Å². The molecule has 3 N–H and O–H groups in total. The van der Waals surface area contributed by atoms with Gasteiger partial charge in [0, 0.05) is 72.5 Å². The molecule has 0 amide bonds. The highest BCUT2D eigenvalue weighted by Crippen LogP contribution is 2.55. The third kappa shape index (κ3) is 12.1. The maximum absolute atomic E-state index is 4.12. The Hall–Kier alpha value is -0.280. The minimum absolute atomic E-state index is 0.880. The normalized spacial score (nSPS) is 46.8. The average molecular weight is 1130 g/mol. The van der Waals surface area contributed by atoms with Gasteiger partial charge in [-0.1, -0.05) is 77.0 Å². The van der Waals surface area contributed by atoms with E-state index < -0.39 is 0 Å². The fourth-order valence-corrected chi connectivity index (χ4v) is 26.4. The van der Waals surface area contributed by atoms with Crippen LogP contribution in [0.15, 0.2) is 0 Å². The number of hydrogen-bond acceptors (Lipinski definition) is 7. The van der Waals surface area contributed by atoms with Crippen molar-refractivity contribution < 1.29 is 0 Å². The summed E-state index contributed by atoms with van der Waals surface area (Å²) in [5, 5.41) is 12.1. The van der Waals surface area contributed by atoms with Crippen molar-refractivity contribution in [2.45, 2.75) is 361 Å². The van der Waals surface area contributed by atoms with Crippen LogP contribution in [0.1, 0.15) is 289 Å². The van der Waals surface area contributed by atoms with Crippen LogP contribution in [0.2, 0.25) is 0 Å². The Morgan fingerprint density at radius 2 is 0.524 bits per heavy atom. The molecule has 0 aromatic heterocycles. The van der Waals surface area contributed by atoms with Crippen molar-refractivity contribution in [2.24, 2.45) is 71.0 Å². The highest BCUT2D eigenvalue weighted by atomic mass is 15.3. The van der Waals surface area contributed by atoms with Crippen molar-refractivity contribution in [1.82, 2.24) is 35.6 Å². The number of hydrogen-bond donors (Lipinski definition) is 3. The monoisotopic (exact) mass is 1130 g/mol. The Bertz CT molecular complexity index is 1770. The molecule has 15 fully saturated rings. The molecule has 15 rings (SSSR count). The molecule has 7 nitrogen and oxygen atoms in total. The van der Waals surface area contributed by atoms with Crippen LogP contribution in [0, 0.1) is 71.0 Å². The zero-order valence-electron chi connectivity index (χ0n) is 53.2. The van der Waals surface area contributed by atoms with Crippen LogP contribution in [-0.2, 0) is 0 Å². The van der Waals surface area contributed by atoms with Gasteiger partial charge in [0.2, 0.25) is 0 Å². The van der Waals surface area contributed by atoms with Gasteiger partial charge in [-0.15, -0.1) is 0 Å². The summed E-state index contributed by atoms with van der Waals surface area (Å²) in [6.07, 6.45) is 68.4. The molecule has 464 valence electrons. The number of piperidine rings is 3. The van der Waals surface area contributed by atoms with Crippen molar-refractivity contribution in [2.75, 3.05) is 39.3 Å². The summed E-state index contributed by atoms with van der Waals surface area (Å²) < 4.78 is 0. The van der Waals surface area contributed by atoms with Crippen LogP contribution in [0.3, 0.4) is 0 Å². The molecule has 5 heterocycles. The van der Waals surface area contributed by atoms with Crippen LogP contribution in [-0.4, -0.2) is 131 Å². The third-order valence-electron chi connectivity index (χ3n) is 30.2. The Labute approximate surface area is 504 Å². The van der Waals surface area contributed by atoms with Crippen molar-refractivity contribution in [1.29, 1.82) is 0 Å². The number of rotatable bonds is 12. The van der Waals surface area contributed by atoms with E-state index in [4.69, 9.17) is 0 Å². The lowest BCUT2D eigenvalue weighted by Crippen LogP contribution is -2.55. The molecule has 10 saturated carbocycles. The fraction of sp³-hybridized carbons (Fsp3) is 1.00. The summed E-state index contributed by atoms with van der Waals surface area (Å²) in [4.78, 5) is 13.2. The second-order valence-corrected chi connectivity index (χ2v) is 33.7. The predicted octanol–water partition coefficient (Wildman–Crippen LogP) is 15.5. The van der Waals surface area contributed by atoms with Crippen molar-refractivity contribution in [3.8, 4) is 0 Å². The van der Waals surface area contributed by atoms with Gasteiger partial charge in [-0.3, -0.25) is 19.6 Å². The molecule has 15 aliphatic rings. The Balaban J connectivity index is 0.499. The lowest BCUT2D eigenvalue weighted by Gasteiger charge is -2.50. The van der Waals surface area contributed by atoms with Crippen LogP contribution >= 0.6 is 0 Å². The molecule has 5 aliphatic heterocycles. The number of likely N-dealkylation sites (tertiary alicyclic amines) is 2. The highest BCUT2D eigenvalue weighted by Gasteiger charge is 2.57. The first kappa shape index (κ1) is 58.1. The minimum atomic E-state index is 0.880. The van der Waals surface area contributed by atoms with Gasteiger partial charge >= 0.3 is 0 Å². The van der Waals surface area contributed by atoms with Gasteiger partial charge in [-0.2, -0.15) is 0 Å². The molecule has 0 bridgehead atoms. The van der Waals surface area contributed by atoms with Gasteiger partial charge in [0.1, 0.15) is 0 Å². The maximum atomic E-state index is 4.12. The smallest absolute Gasteiger partial charge is 0.0157 e. The highest BCUT2D eigenvalue weighted by molar-refractivity contribution is 5.11. The van der Waals surface area contributed by atoms with E-state index in [0.29, 0.717) is 0 Å². The first-order valence-electron chi connectivity index (χ1n) is 38.9. The number of fused-ring (bicyclic) bond motifs is 6. The van der Waals surface area contributed by atoms with Gasteiger partial charge < -0.3 is 16.0 Å². The van der Waals surface area contributed by atoms with E-state index >= 15 is 0 Å². The quantitative estimate of drug-likeness (QED) is 0.180. The molecule has 82 heavy (non-hydrogen) atoms. The number of nitrogens with one attached hydrogen (secondary N) is 3. The Kier molecular flexibility index (Phi) is 19.2. The second kappa shape index (κ2) is 27.0. The fourth-order valence-electron chi connectivity index (χ4n) is 26.4. The Morgan fingerprint density at radius 3 is 0.866 bits per heavy atom. The summed E-state index contributed by atoms with van der Waals surface area (Å²) >= 11 is 0. The van der Waals surface area contributed by atoms with E-state index in [0.717, 1.165) is 144 Å². The van der Waals surface area contributed by atoms with Gasteiger partial charge in [-0.25, -0.2) is 0 Å². The molecule has 5 saturated heterocycles. The van der Waals surface area contributed by atoms with Crippen LogP contribution in [0.4, 0.5) is 0 Å². The van der Waals surface area contributed by atoms with Gasteiger partial charge in [0.15, 0.2) is 0 Å². The van der Waals surface area contributed by atoms with E-state index in [2.05, 4.69) is 35.6 Å². The molecule has 0 aromatic carbocycles. The van der Waals surface area contributed by atoms with Crippen LogP contribution < -0.4 is 16.0 Å². The molecule has 0 aromatic rings. The molecule has 7 heteroatoms. The summed E-state index contributed by atoms with van der Waals surface area (Å²) in [6, 6.07) is 10.7. The van der Waals surface area contributed by atoms with Crippen LogP contribution in [0.25, 0.3) is 0 Å². The summed E-state index contributed by atoms with van der Waals surface area (Å²) in [7, 11) is 0. The van der Waals surface area contributed by atoms with Gasteiger partial charge in [0.05, 0.1) is 0 Å². The van der Waals surface area contributed by atoms with E-state index in [1.807, 2.05) is 0 Å². The van der Waals surface area contributed by atoms with E-state index in [1.165, 1.54) is 245 Å². The van der Waals surface area contributed by atoms with Gasteiger partial charge in [0.25, 0.3) is 0 Å².